The van der Waals surface area contributed by atoms with E-state index in [0.717, 1.165) is 16.2 Å². The van der Waals surface area contributed by atoms with Gasteiger partial charge in [-0.3, -0.25) is 14.5 Å². The molecule has 2 atom stereocenters. The summed E-state index contributed by atoms with van der Waals surface area (Å²) in [6.07, 6.45) is 7.75. The van der Waals surface area contributed by atoms with Crippen molar-refractivity contribution in [2.75, 3.05) is 18.6 Å². The van der Waals surface area contributed by atoms with Crippen molar-refractivity contribution in [3.63, 3.8) is 0 Å². The van der Waals surface area contributed by atoms with Crippen molar-refractivity contribution in [2.24, 2.45) is 5.16 Å². The molecule has 0 radical (unpaired) electrons. The summed E-state index contributed by atoms with van der Waals surface area (Å²) in [4.78, 5) is 55.1. The van der Waals surface area contributed by atoms with Crippen molar-refractivity contribution < 1.29 is 53.9 Å². The number of carbonyl (C=O) groups is 3. The summed E-state index contributed by atoms with van der Waals surface area (Å²) in [6.45, 7) is 0. The minimum Gasteiger partial charge on any atom is -0.543 e. The number of thioether (sulfide) groups is 1. The molecule has 2 aromatic heterocycles. The van der Waals surface area contributed by atoms with E-state index >= 15 is 0 Å². The number of nitrogens with one attached hydrogen (secondary N) is 1. The fourth-order valence-electron chi connectivity index (χ4n) is 3.26. The van der Waals surface area contributed by atoms with Gasteiger partial charge in [-0.05, 0) is 5.57 Å². The van der Waals surface area contributed by atoms with Crippen LogP contribution in [0.1, 0.15) is 11.3 Å². The van der Waals surface area contributed by atoms with Crippen molar-refractivity contribution in [3.8, 4) is 0 Å². The van der Waals surface area contributed by atoms with Gasteiger partial charge in [0.1, 0.15) is 30.5 Å². The fourth-order valence-corrected chi connectivity index (χ4v) is 5.12. The third-order valence-electron chi connectivity index (χ3n) is 4.70. The molecule has 170 valence electrons. The molecule has 0 aromatic carbocycles. The number of oxime groups is 1. The SMILES string of the molecule is CO/N=C(\C(=O)N[C@@H]1C(=O)N2C(C(=O)[O-])=C(/C=C\c3cncnc3)CS[C@H]12)c1csc(N)n1.[Na+]. The molecule has 1 saturated heterocycles. The molecule has 15 heteroatoms. The summed E-state index contributed by atoms with van der Waals surface area (Å²) < 4.78 is 0. The van der Waals surface area contributed by atoms with Crippen LogP contribution in [0.4, 0.5) is 5.13 Å². The number of anilines is 1. The molecule has 2 aliphatic heterocycles. The number of nitrogen functional groups attached to an aromatic ring is 1. The number of hydrogen-bond donors (Lipinski definition) is 2. The van der Waals surface area contributed by atoms with E-state index in [2.05, 4.69) is 25.4 Å². The molecule has 34 heavy (non-hydrogen) atoms. The third kappa shape index (κ3) is 5.15. The summed E-state index contributed by atoms with van der Waals surface area (Å²) in [7, 11) is 1.27. The van der Waals surface area contributed by atoms with Gasteiger partial charge in [-0.15, -0.1) is 23.1 Å². The minimum atomic E-state index is -1.48. The quantitative estimate of drug-likeness (QED) is 0.162. The maximum Gasteiger partial charge on any atom is 1.00 e. The molecular formula is C19H16N7NaO5S2. The summed E-state index contributed by atoms with van der Waals surface area (Å²) in [5, 5.41) is 19.3. The minimum absolute atomic E-state index is 0. The average Bonchev–Trinajstić information content (AvgIpc) is 3.25. The number of carboxylic acids is 1. The van der Waals surface area contributed by atoms with Gasteiger partial charge < -0.3 is 25.8 Å². The molecule has 0 bridgehead atoms. The van der Waals surface area contributed by atoms with Crippen LogP contribution in [0, 0.1) is 0 Å². The van der Waals surface area contributed by atoms with Gasteiger partial charge in [0.25, 0.3) is 11.8 Å². The number of thiazole rings is 1. The molecule has 4 rings (SSSR count). The predicted octanol–water partition coefficient (Wildman–Crippen LogP) is -4.01. The number of nitrogens with zero attached hydrogens (tertiary/aromatic N) is 5. The molecule has 0 spiro atoms. The van der Waals surface area contributed by atoms with Crippen LogP contribution in [0.25, 0.3) is 6.08 Å². The van der Waals surface area contributed by atoms with Gasteiger partial charge in [0.2, 0.25) is 0 Å². The first-order valence-corrected chi connectivity index (χ1v) is 11.3. The molecule has 3 N–H and O–H groups in total. The Balaban J connectivity index is 0.00000324. The van der Waals surface area contributed by atoms with Gasteiger partial charge >= 0.3 is 29.6 Å². The smallest absolute Gasteiger partial charge is 0.543 e. The van der Waals surface area contributed by atoms with Crippen molar-refractivity contribution >= 4 is 57.8 Å². The van der Waals surface area contributed by atoms with Crippen molar-refractivity contribution in [3.05, 3.63) is 52.7 Å². The second-order valence-corrected chi connectivity index (χ2v) is 8.72. The van der Waals surface area contributed by atoms with Crippen LogP contribution in [-0.2, 0) is 19.2 Å². The zero-order chi connectivity index (χ0) is 23.5. The van der Waals surface area contributed by atoms with Crippen LogP contribution >= 0.6 is 23.1 Å². The van der Waals surface area contributed by atoms with E-state index in [4.69, 9.17) is 10.6 Å². The second kappa shape index (κ2) is 11.1. The number of nitrogens with two attached hydrogens (primary N) is 1. The number of carboxylic acid groups (broad SMARTS) is 1. The van der Waals surface area contributed by atoms with E-state index < -0.39 is 29.2 Å². The predicted molar refractivity (Wildman–Crippen MR) is 118 cm³/mol. The third-order valence-corrected chi connectivity index (χ3v) is 6.67. The zero-order valence-electron chi connectivity index (χ0n) is 18.0. The van der Waals surface area contributed by atoms with Crippen LogP contribution in [0.15, 0.2) is 46.6 Å². The zero-order valence-corrected chi connectivity index (χ0v) is 21.6. The molecule has 12 nitrogen and oxygen atoms in total. The molecule has 2 aliphatic rings. The summed E-state index contributed by atoms with van der Waals surface area (Å²) in [5.41, 5.74) is 6.50. The number of rotatable bonds is 7. The van der Waals surface area contributed by atoms with E-state index in [1.54, 1.807) is 24.5 Å². The van der Waals surface area contributed by atoms with Crippen LogP contribution in [0.2, 0.25) is 0 Å². The molecular weight excluding hydrogens is 493 g/mol. The van der Waals surface area contributed by atoms with E-state index in [1.165, 1.54) is 30.6 Å². The largest absolute Gasteiger partial charge is 1.00 e. The van der Waals surface area contributed by atoms with E-state index in [9.17, 15) is 19.5 Å². The standard InChI is InChI=1S/C19H17N7O5S2.Na/c1-31-25-12(11-7-33-19(20)23-11)15(27)24-13-16(28)26-14(18(29)30)10(6-32-17(13)26)3-2-9-4-21-8-22-5-9;/h2-5,7-8,13,17H,6H2,1H3,(H2,20,23)(H,24,27)(H,29,30);/q;+1/p-1/b3-2-,25-12-;/t13-,17-;/m1./s1. The van der Waals surface area contributed by atoms with Gasteiger partial charge in [0.05, 0.1) is 11.7 Å². The first kappa shape index (κ1) is 25.8. The molecule has 0 unspecified atom stereocenters. The van der Waals surface area contributed by atoms with Crippen molar-refractivity contribution in [2.45, 2.75) is 11.4 Å². The average molecular weight is 510 g/mol. The van der Waals surface area contributed by atoms with Gasteiger partial charge in [0.15, 0.2) is 10.8 Å². The molecule has 0 aliphatic carbocycles. The molecule has 0 saturated carbocycles. The van der Waals surface area contributed by atoms with Gasteiger partial charge in [-0.1, -0.05) is 17.3 Å². The molecule has 2 amide bonds. The maximum atomic E-state index is 12.8. The number of amides is 2. The van der Waals surface area contributed by atoms with E-state index in [1.807, 2.05) is 0 Å². The number of hydrogen-bond acceptors (Lipinski definition) is 12. The van der Waals surface area contributed by atoms with Gasteiger partial charge in [-0.2, -0.15) is 0 Å². The Labute approximate surface area is 223 Å². The summed E-state index contributed by atoms with van der Waals surface area (Å²) in [6, 6.07) is -0.956. The van der Waals surface area contributed by atoms with E-state index in [0.29, 0.717) is 11.1 Å². The molecule has 4 heterocycles. The Morgan fingerprint density at radius 2 is 2.09 bits per heavy atom. The Hall–Kier alpha value is -2.78. The van der Waals surface area contributed by atoms with Crippen LogP contribution in [0.3, 0.4) is 0 Å². The molecule has 1 fully saturated rings. The Morgan fingerprint density at radius 1 is 1.35 bits per heavy atom. The number of fused-ring (bicyclic) bond motifs is 1. The first-order chi connectivity index (χ1) is 15.9. The number of aliphatic carboxylic acids is 1. The van der Waals surface area contributed by atoms with Gasteiger partial charge in [0, 0.05) is 29.1 Å². The summed E-state index contributed by atoms with van der Waals surface area (Å²) >= 11 is 2.43. The summed E-state index contributed by atoms with van der Waals surface area (Å²) in [5.74, 6) is -2.48. The van der Waals surface area contributed by atoms with Crippen molar-refractivity contribution in [1.29, 1.82) is 0 Å². The van der Waals surface area contributed by atoms with Crippen molar-refractivity contribution in [1.82, 2.24) is 25.2 Å². The second-order valence-electron chi connectivity index (χ2n) is 6.72. The van der Waals surface area contributed by atoms with Crippen LogP contribution < -0.4 is 45.7 Å². The van der Waals surface area contributed by atoms with E-state index in [-0.39, 0.29) is 57.5 Å². The van der Waals surface area contributed by atoms with Gasteiger partial charge in [-0.25, -0.2) is 15.0 Å². The number of allylic oxidation sites excluding steroid dienone is 1. The monoisotopic (exact) mass is 509 g/mol. The fraction of sp³-hybridized carbons (Fsp3) is 0.211. The van der Waals surface area contributed by atoms with Crippen LogP contribution in [0.5, 0.6) is 0 Å². The Bertz CT molecular complexity index is 1200. The molecule has 2 aromatic rings. The number of aromatic nitrogens is 3. The topological polar surface area (TPSA) is 176 Å². The number of carbonyl (C=O) groups excluding carboxylic acids is 3. The Morgan fingerprint density at radius 3 is 2.71 bits per heavy atom. The normalized spacial score (nSPS) is 19.9. The number of β-lactam (4-membered cyclic amide) rings is 1. The van der Waals surface area contributed by atoms with Crippen LogP contribution in [-0.4, -0.2) is 67.6 Å². The Kier molecular flexibility index (Phi) is 8.43. The first-order valence-electron chi connectivity index (χ1n) is 9.36. The maximum absolute atomic E-state index is 12.8.